The quantitative estimate of drug-likeness (QED) is 0.562. The number of fused-ring (bicyclic) bond motifs is 1. The van der Waals surface area contributed by atoms with Gasteiger partial charge in [-0.25, -0.2) is 0 Å². The number of thioether (sulfide) groups is 1. The van der Waals surface area contributed by atoms with Crippen molar-refractivity contribution in [1.82, 2.24) is 0 Å². The van der Waals surface area contributed by atoms with Crippen molar-refractivity contribution in [3.05, 3.63) is 42.5 Å². The summed E-state index contributed by atoms with van der Waals surface area (Å²) in [5.74, 6) is 1.26. The lowest BCUT2D eigenvalue weighted by Crippen LogP contribution is -2.30. The molecule has 0 aliphatic carbocycles. The van der Waals surface area contributed by atoms with E-state index in [0.717, 1.165) is 4.90 Å². The van der Waals surface area contributed by atoms with Gasteiger partial charge >= 0.3 is 5.97 Å². The number of methoxy groups -OCH3 is 1. The summed E-state index contributed by atoms with van der Waals surface area (Å²) in [6.45, 7) is 2.57. The van der Waals surface area contributed by atoms with Gasteiger partial charge in [0, 0.05) is 10.6 Å². The topological polar surface area (TPSA) is 83.1 Å². The molecule has 0 fully saturated rings. The van der Waals surface area contributed by atoms with Crippen LogP contribution in [0.3, 0.4) is 0 Å². The van der Waals surface area contributed by atoms with Crippen LogP contribution < -0.4 is 19.5 Å². The Morgan fingerprint density at radius 2 is 1.82 bits per heavy atom. The fourth-order valence-corrected chi connectivity index (χ4v) is 3.17. The van der Waals surface area contributed by atoms with E-state index in [1.54, 1.807) is 31.4 Å². The third-order valence-corrected chi connectivity index (χ3v) is 4.87. The Kier molecular flexibility index (Phi) is 6.65. The first kappa shape index (κ1) is 19.9. The normalized spacial score (nSPS) is 13.4. The highest BCUT2D eigenvalue weighted by Gasteiger charge is 2.19. The molecule has 0 spiro atoms. The summed E-state index contributed by atoms with van der Waals surface area (Å²) < 4.78 is 21.3. The fourth-order valence-electron chi connectivity index (χ4n) is 2.46. The fraction of sp³-hybridized carbons (Fsp3) is 0.300. The second kappa shape index (κ2) is 9.36. The van der Waals surface area contributed by atoms with Crippen LogP contribution in [0.1, 0.15) is 6.92 Å². The maximum absolute atomic E-state index is 12.2. The molecule has 148 valence electrons. The van der Waals surface area contributed by atoms with Crippen LogP contribution in [-0.2, 0) is 14.3 Å². The van der Waals surface area contributed by atoms with Crippen molar-refractivity contribution in [2.24, 2.45) is 0 Å². The highest BCUT2D eigenvalue weighted by Crippen LogP contribution is 2.34. The van der Waals surface area contributed by atoms with Gasteiger partial charge in [-0.05, 0) is 49.4 Å². The van der Waals surface area contributed by atoms with Gasteiger partial charge in [-0.1, -0.05) is 0 Å². The summed E-state index contributed by atoms with van der Waals surface area (Å²) in [6.07, 6.45) is -0.907. The number of amides is 1. The number of benzene rings is 2. The van der Waals surface area contributed by atoms with Gasteiger partial charge in [0.25, 0.3) is 5.91 Å². The molecule has 1 N–H and O–H groups in total. The number of anilines is 1. The number of carbonyl (C=O) groups is 2. The Morgan fingerprint density at radius 1 is 1.11 bits per heavy atom. The van der Waals surface area contributed by atoms with Crippen LogP contribution in [0.15, 0.2) is 47.4 Å². The van der Waals surface area contributed by atoms with Crippen LogP contribution in [0.5, 0.6) is 17.2 Å². The van der Waals surface area contributed by atoms with Crippen LogP contribution in [-0.4, -0.2) is 44.1 Å². The molecule has 0 saturated heterocycles. The lowest BCUT2D eigenvalue weighted by Gasteiger charge is -2.18. The van der Waals surface area contributed by atoms with Gasteiger partial charge in [0.1, 0.15) is 19.0 Å². The predicted molar refractivity (Wildman–Crippen MR) is 105 cm³/mol. The molecule has 0 bridgehead atoms. The van der Waals surface area contributed by atoms with Crippen LogP contribution in [0.4, 0.5) is 5.69 Å². The van der Waals surface area contributed by atoms with Gasteiger partial charge in [-0.15, -0.1) is 11.8 Å². The van der Waals surface area contributed by atoms with Crippen molar-refractivity contribution in [3.63, 3.8) is 0 Å². The first-order valence-electron chi connectivity index (χ1n) is 8.72. The molecular weight excluding hydrogens is 382 g/mol. The Labute approximate surface area is 167 Å². The van der Waals surface area contributed by atoms with Gasteiger partial charge in [-0.3, -0.25) is 9.59 Å². The maximum Gasteiger partial charge on any atom is 0.317 e. The number of hydrogen-bond acceptors (Lipinski definition) is 7. The van der Waals surface area contributed by atoms with Crippen LogP contribution in [0.25, 0.3) is 0 Å². The molecule has 7 nitrogen and oxygen atoms in total. The van der Waals surface area contributed by atoms with Crippen molar-refractivity contribution >= 4 is 29.3 Å². The highest BCUT2D eigenvalue weighted by molar-refractivity contribution is 8.00. The first-order valence-corrected chi connectivity index (χ1v) is 9.70. The summed E-state index contributed by atoms with van der Waals surface area (Å²) in [5.41, 5.74) is 0.597. The van der Waals surface area contributed by atoms with Crippen molar-refractivity contribution in [2.45, 2.75) is 17.9 Å². The van der Waals surface area contributed by atoms with Gasteiger partial charge < -0.3 is 24.3 Å². The highest BCUT2D eigenvalue weighted by atomic mass is 32.2. The zero-order chi connectivity index (χ0) is 19.9. The lowest BCUT2D eigenvalue weighted by molar-refractivity contribution is -0.150. The van der Waals surface area contributed by atoms with Gasteiger partial charge in [-0.2, -0.15) is 0 Å². The third-order valence-electron chi connectivity index (χ3n) is 3.91. The number of nitrogens with one attached hydrogen (secondary N) is 1. The van der Waals surface area contributed by atoms with Crippen LogP contribution >= 0.6 is 11.8 Å². The zero-order valence-corrected chi connectivity index (χ0v) is 16.4. The molecular formula is C20H21NO6S. The second-order valence-corrected chi connectivity index (χ2v) is 6.99. The monoisotopic (exact) mass is 403 g/mol. The van der Waals surface area contributed by atoms with E-state index in [1.807, 2.05) is 18.2 Å². The van der Waals surface area contributed by atoms with Crippen molar-refractivity contribution < 1.29 is 28.5 Å². The average Bonchev–Trinajstić information content (AvgIpc) is 2.72. The summed E-state index contributed by atoms with van der Waals surface area (Å²) in [4.78, 5) is 25.1. The van der Waals surface area contributed by atoms with E-state index in [9.17, 15) is 9.59 Å². The number of carbonyl (C=O) groups excluding carboxylic acids is 2. The van der Waals surface area contributed by atoms with Crippen molar-refractivity contribution in [2.75, 3.05) is 31.4 Å². The van der Waals surface area contributed by atoms with Gasteiger partial charge in [0.2, 0.25) is 0 Å². The van der Waals surface area contributed by atoms with E-state index in [4.69, 9.17) is 18.9 Å². The molecule has 3 rings (SSSR count). The van der Waals surface area contributed by atoms with Crippen molar-refractivity contribution in [1.29, 1.82) is 0 Å². The molecule has 1 aliphatic rings. The minimum Gasteiger partial charge on any atom is -0.497 e. The lowest BCUT2D eigenvalue weighted by atomic mass is 10.3. The smallest absolute Gasteiger partial charge is 0.317 e. The summed E-state index contributed by atoms with van der Waals surface area (Å²) >= 11 is 1.31. The number of ether oxygens (including phenoxy) is 4. The summed E-state index contributed by atoms with van der Waals surface area (Å²) in [6, 6.07) is 12.4. The Bertz CT molecular complexity index is 839. The molecule has 0 unspecified atom stereocenters. The summed E-state index contributed by atoms with van der Waals surface area (Å²) in [7, 11) is 1.57. The third kappa shape index (κ3) is 5.32. The molecule has 2 aromatic rings. The van der Waals surface area contributed by atoms with Gasteiger partial charge in [0.15, 0.2) is 17.6 Å². The van der Waals surface area contributed by atoms with E-state index in [2.05, 4.69) is 5.32 Å². The maximum atomic E-state index is 12.2. The minimum atomic E-state index is -0.907. The second-order valence-electron chi connectivity index (χ2n) is 5.94. The van der Waals surface area contributed by atoms with E-state index in [0.29, 0.717) is 36.1 Å². The standard InChI is InChI=1S/C20H21NO6S/c1-13(20(23)21-14-3-5-15(24-2)6-4-14)27-19(22)12-28-16-7-8-17-18(11-16)26-10-9-25-17/h3-8,11,13H,9-10,12H2,1-2H3,(H,21,23)/t13-/m0/s1. The van der Waals surface area contributed by atoms with E-state index >= 15 is 0 Å². The Morgan fingerprint density at radius 3 is 2.54 bits per heavy atom. The molecule has 28 heavy (non-hydrogen) atoms. The molecule has 1 atom stereocenters. The van der Waals surface area contributed by atoms with E-state index in [-0.39, 0.29) is 5.75 Å². The van der Waals surface area contributed by atoms with E-state index < -0.39 is 18.0 Å². The molecule has 2 aromatic carbocycles. The zero-order valence-electron chi connectivity index (χ0n) is 15.6. The SMILES string of the molecule is COc1ccc(NC(=O)[C@H](C)OC(=O)CSc2ccc3c(c2)OCCO3)cc1. The minimum absolute atomic E-state index is 0.0831. The first-order chi connectivity index (χ1) is 13.5. The molecule has 1 aliphatic heterocycles. The molecule has 1 heterocycles. The molecule has 8 heteroatoms. The Hall–Kier alpha value is -2.87. The molecule has 1 amide bonds. The van der Waals surface area contributed by atoms with Gasteiger partial charge in [0.05, 0.1) is 12.9 Å². The summed E-state index contributed by atoms with van der Waals surface area (Å²) in [5, 5.41) is 2.70. The molecule has 0 aromatic heterocycles. The number of hydrogen-bond donors (Lipinski definition) is 1. The van der Waals surface area contributed by atoms with Crippen LogP contribution in [0, 0.1) is 0 Å². The largest absolute Gasteiger partial charge is 0.497 e. The number of rotatable bonds is 7. The van der Waals surface area contributed by atoms with Crippen molar-refractivity contribution in [3.8, 4) is 17.2 Å². The molecule has 0 radical (unpaired) electrons. The van der Waals surface area contributed by atoms with E-state index in [1.165, 1.54) is 18.7 Å². The number of esters is 1. The van der Waals surface area contributed by atoms with Crippen LogP contribution in [0.2, 0.25) is 0 Å². The Balaban J connectivity index is 1.46. The average molecular weight is 403 g/mol. The molecule has 0 saturated carbocycles. The predicted octanol–water partition coefficient (Wildman–Crippen LogP) is 3.13.